The van der Waals surface area contributed by atoms with Gasteiger partial charge in [0.1, 0.15) is 0 Å². The first-order valence-electron chi connectivity index (χ1n) is 6.04. The lowest BCUT2D eigenvalue weighted by molar-refractivity contribution is -0.384. The van der Waals surface area contributed by atoms with Gasteiger partial charge >= 0.3 is 0 Å². The van der Waals surface area contributed by atoms with E-state index >= 15 is 0 Å². The van der Waals surface area contributed by atoms with E-state index in [0.29, 0.717) is 15.7 Å². The van der Waals surface area contributed by atoms with Crippen LogP contribution in [0.3, 0.4) is 0 Å². The van der Waals surface area contributed by atoms with Crippen molar-refractivity contribution in [2.24, 2.45) is 0 Å². The van der Waals surface area contributed by atoms with E-state index in [4.69, 9.17) is 0 Å². The maximum atomic E-state index is 13.2. The van der Waals surface area contributed by atoms with Crippen molar-refractivity contribution in [2.45, 2.75) is 13.0 Å². The monoisotopic (exact) mass is 356 g/mol. The van der Waals surface area contributed by atoms with Crippen LogP contribution in [0.2, 0.25) is 0 Å². The van der Waals surface area contributed by atoms with Crippen molar-refractivity contribution in [1.82, 2.24) is 0 Å². The SMILES string of the molecule is CC(Nc1cc([N+](=O)[O-])ccc1Br)c1ccc(F)c(F)c1. The quantitative estimate of drug-likeness (QED) is 0.631. The van der Waals surface area contributed by atoms with Crippen molar-refractivity contribution < 1.29 is 13.7 Å². The molecule has 1 atom stereocenters. The number of nitrogens with one attached hydrogen (secondary N) is 1. The minimum absolute atomic E-state index is 0.0572. The third-order valence-corrected chi connectivity index (χ3v) is 3.67. The molecule has 2 rings (SSSR count). The van der Waals surface area contributed by atoms with Gasteiger partial charge in [-0.25, -0.2) is 8.78 Å². The normalized spacial score (nSPS) is 12.0. The van der Waals surface area contributed by atoms with Crippen LogP contribution in [0.4, 0.5) is 20.2 Å². The summed E-state index contributed by atoms with van der Waals surface area (Å²) in [7, 11) is 0. The average Bonchev–Trinajstić information content (AvgIpc) is 2.43. The second-order valence-electron chi connectivity index (χ2n) is 4.46. The zero-order chi connectivity index (χ0) is 15.6. The molecule has 1 unspecified atom stereocenters. The molecule has 0 amide bonds. The summed E-state index contributed by atoms with van der Waals surface area (Å²) in [6, 6.07) is 7.56. The Labute approximate surface area is 128 Å². The molecular formula is C14H11BrF2N2O2. The Morgan fingerprint density at radius 3 is 2.52 bits per heavy atom. The molecule has 1 N–H and O–H groups in total. The van der Waals surface area contributed by atoms with Gasteiger partial charge in [-0.15, -0.1) is 0 Å². The summed E-state index contributed by atoms with van der Waals surface area (Å²) >= 11 is 3.29. The fraction of sp³-hybridized carbons (Fsp3) is 0.143. The van der Waals surface area contributed by atoms with E-state index in [1.54, 1.807) is 13.0 Å². The van der Waals surface area contributed by atoms with Crippen LogP contribution < -0.4 is 5.32 Å². The van der Waals surface area contributed by atoms with Crippen LogP contribution in [0.1, 0.15) is 18.5 Å². The smallest absolute Gasteiger partial charge is 0.271 e. The molecule has 0 fully saturated rings. The van der Waals surface area contributed by atoms with E-state index in [1.807, 2.05) is 0 Å². The topological polar surface area (TPSA) is 55.2 Å². The largest absolute Gasteiger partial charge is 0.377 e. The van der Waals surface area contributed by atoms with Gasteiger partial charge in [0.25, 0.3) is 5.69 Å². The molecule has 0 aliphatic rings. The summed E-state index contributed by atoms with van der Waals surface area (Å²) < 4.78 is 26.8. The van der Waals surface area contributed by atoms with Crippen molar-refractivity contribution in [1.29, 1.82) is 0 Å². The number of rotatable bonds is 4. The highest BCUT2D eigenvalue weighted by molar-refractivity contribution is 9.10. The minimum atomic E-state index is -0.931. The maximum Gasteiger partial charge on any atom is 0.271 e. The Bertz CT molecular complexity index is 695. The first-order valence-corrected chi connectivity index (χ1v) is 6.83. The van der Waals surface area contributed by atoms with Crippen LogP contribution >= 0.6 is 15.9 Å². The highest BCUT2D eigenvalue weighted by Crippen LogP contribution is 2.30. The zero-order valence-corrected chi connectivity index (χ0v) is 12.5. The molecule has 0 aromatic heterocycles. The lowest BCUT2D eigenvalue weighted by Gasteiger charge is -2.17. The molecule has 21 heavy (non-hydrogen) atoms. The number of hydrogen-bond acceptors (Lipinski definition) is 3. The van der Waals surface area contributed by atoms with Crippen LogP contribution in [0, 0.1) is 21.7 Å². The maximum absolute atomic E-state index is 13.2. The van der Waals surface area contributed by atoms with Gasteiger partial charge in [0.15, 0.2) is 11.6 Å². The molecule has 0 heterocycles. The Hall–Kier alpha value is -2.02. The molecule has 7 heteroatoms. The van der Waals surface area contributed by atoms with Gasteiger partial charge in [0, 0.05) is 22.6 Å². The van der Waals surface area contributed by atoms with Gasteiger partial charge in [-0.3, -0.25) is 10.1 Å². The van der Waals surface area contributed by atoms with Crippen LogP contribution in [0.5, 0.6) is 0 Å². The van der Waals surface area contributed by atoms with Gasteiger partial charge in [0.2, 0.25) is 0 Å². The number of nitrogens with zero attached hydrogens (tertiary/aromatic N) is 1. The molecule has 0 spiro atoms. The Morgan fingerprint density at radius 1 is 1.19 bits per heavy atom. The van der Waals surface area contributed by atoms with E-state index in [2.05, 4.69) is 21.2 Å². The standard InChI is InChI=1S/C14H11BrF2N2O2/c1-8(9-2-5-12(16)13(17)6-9)18-14-7-10(19(20)21)3-4-11(14)15/h2-8,18H,1H3. The van der Waals surface area contributed by atoms with Gasteiger partial charge in [-0.1, -0.05) is 6.07 Å². The molecule has 0 saturated heterocycles. The summed E-state index contributed by atoms with van der Waals surface area (Å²) in [5.74, 6) is -1.85. The van der Waals surface area contributed by atoms with Crippen LogP contribution in [0.25, 0.3) is 0 Å². The lowest BCUT2D eigenvalue weighted by atomic mass is 10.1. The number of benzene rings is 2. The first-order chi connectivity index (χ1) is 9.88. The number of anilines is 1. The summed E-state index contributed by atoms with van der Waals surface area (Å²) in [5.41, 5.74) is 0.979. The minimum Gasteiger partial charge on any atom is -0.377 e. The number of non-ortho nitro benzene ring substituents is 1. The van der Waals surface area contributed by atoms with Gasteiger partial charge in [-0.05, 0) is 46.6 Å². The number of nitro groups is 1. The number of hydrogen-bond donors (Lipinski definition) is 1. The Kier molecular flexibility index (Phi) is 4.52. The van der Waals surface area contributed by atoms with Crippen LogP contribution in [-0.4, -0.2) is 4.92 Å². The van der Waals surface area contributed by atoms with Crippen molar-refractivity contribution in [3.05, 3.63) is 68.2 Å². The van der Waals surface area contributed by atoms with E-state index in [-0.39, 0.29) is 11.7 Å². The molecule has 0 bridgehead atoms. The van der Waals surface area contributed by atoms with E-state index < -0.39 is 16.6 Å². The van der Waals surface area contributed by atoms with Crippen molar-refractivity contribution in [3.8, 4) is 0 Å². The van der Waals surface area contributed by atoms with Crippen LogP contribution in [-0.2, 0) is 0 Å². The van der Waals surface area contributed by atoms with Crippen molar-refractivity contribution in [3.63, 3.8) is 0 Å². The predicted molar refractivity (Wildman–Crippen MR) is 79.2 cm³/mol. The molecule has 4 nitrogen and oxygen atoms in total. The Balaban J connectivity index is 2.26. The Morgan fingerprint density at radius 2 is 1.90 bits per heavy atom. The van der Waals surface area contributed by atoms with Crippen LogP contribution in [0.15, 0.2) is 40.9 Å². The molecule has 2 aromatic carbocycles. The second kappa shape index (κ2) is 6.17. The van der Waals surface area contributed by atoms with E-state index in [0.717, 1.165) is 12.1 Å². The highest BCUT2D eigenvalue weighted by atomic mass is 79.9. The molecule has 2 aromatic rings. The number of nitro benzene ring substituents is 1. The van der Waals surface area contributed by atoms with Gasteiger partial charge in [0.05, 0.1) is 10.6 Å². The third kappa shape index (κ3) is 3.55. The summed E-state index contributed by atoms with van der Waals surface area (Å²) in [4.78, 5) is 10.3. The van der Waals surface area contributed by atoms with Crippen molar-refractivity contribution >= 4 is 27.3 Å². The molecule has 0 saturated carbocycles. The lowest BCUT2D eigenvalue weighted by Crippen LogP contribution is -2.08. The summed E-state index contributed by atoms with van der Waals surface area (Å²) in [6.45, 7) is 1.75. The van der Waals surface area contributed by atoms with Crippen molar-refractivity contribution in [2.75, 3.05) is 5.32 Å². The second-order valence-corrected chi connectivity index (χ2v) is 5.32. The molecule has 110 valence electrons. The first kappa shape index (κ1) is 15.4. The fourth-order valence-electron chi connectivity index (χ4n) is 1.84. The fourth-order valence-corrected chi connectivity index (χ4v) is 2.20. The summed E-state index contributed by atoms with van der Waals surface area (Å²) in [5, 5.41) is 13.8. The molecule has 0 aliphatic carbocycles. The van der Waals surface area contributed by atoms with E-state index in [9.17, 15) is 18.9 Å². The third-order valence-electron chi connectivity index (χ3n) is 2.98. The van der Waals surface area contributed by atoms with E-state index in [1.165, 1.54) is 18.2 Å². The van der Waals surface area contributed by atoms with Gasteiger partial charge < -0.3 is 5.32 Å². The number of halogens is 3. The molecule has 0 aliphatic heterocycles. The average molecular weight is 357 g/mol. The highest BCUT2D eigenvalue weighted by Gasteiger charge is 2.13. The molecule has 0 radical (unpaired) electrons. The zero-order valence-electron chi connectivity index (χ0n) is 10.9. The van der Waals surface area contributed by atoms with Gasteiger partial charge in [-0.2, -0.15) is 0 Å². The molecular weight excluding hydrogens is 346 g/mol. The summed E-state index contributed by atoms with van der Waals surface area (Å²) in [6.07, 6.45) is 0. The predicted octanol–water partition coefficient (Wildman–Crippen LogP) is 4.81.